The molecule has 0 aliphatic heterocycles. The number of aliphatic imine (C=N–C) groups is 1. The van der Waals surface area contributed by atoms with Gasteiger partial charge in [0.1, 0.15) is 0 Å². The highest BCUT2D eigenvalue weighted by Crippen LogP contribution is 2.57. The number of hydrogen-bond donors (Lipinski definition) is 0. The van der Waals surface area contributed by atoms with Gasteiger partial charge in [0, 0.05) is 0 Å². The van der Waals surface area contributed by atoms with E-state index in [1.54, 1.807) is 6.92 Å². The van der Waals surface area contributed by atoms with Gasteiger partial charge in [-0.05, 0) is 74.6 Å². The van der Waals surface area contributed by atoms with Crippen molar-refractivity contribution in [3.63, 3.8) is 0 Å². The Hall–Kier alpha value is -1.66. The third-order valence-electron chi connectivity index (χ3n) is 5.83. The molecule has 5 rings (SSSR count). The highest BCUT2D eigenvalue weighted by atomic mass is 16.1. The van der Waals surface area contributed by atoms with Gasteiger partial charge < -0.3 is 0 Å². The van der Waals surface area contributed by atoms with Gasteiger partial charge in [0.2, 0.25) is 0 Å². The molecule has 4 aliphatic rings. The fourth-order valence-electron chi connectivity index (χ4n) is 5.33. The van der Waals surface area contributed by atoms with Crippen LogP contribution < -0.4 is 0 Å². The number of hydrogen-bond acceptors (Lipinski definition) is 2. The molecule has 2 heteroatoms. The number of nitrogens with zero attached hydrogens (tertiary/aromatic N) is 1. The molecule has 0 heterocycles. The zero-order valence-electron chi connectivity index (χ0n) is 13.2. The lowest BCUT2D eigenvalue weighted by Crippen LogP contribution is -2.49. The number of allylic oxidation sites excluding steroid dienone is 1. The minimum Gasteiger partial charge on any atom is -0.294 e. The lowest BCUT2D eigenvalue weighted by atomic mass is 9.53. The number of benzene rings is 1. The van der Waals surface area contributed by atoms with Crippen molar-refractivity contribution in [3.8, 4) is 0 Å². The third kappa shape index (κ3) is 2.46. The molecule has 1 aromatic carbocycles. The van der Waals surface area contributed by atoms with E-state index in [1.807, 2.05) is 30.3 Å². The van der Waals surface area contributed by atoms with Crippen molar-refractivity contribution in [2.45, 2.75) is 51.0 Å². The van der Waals surface area contributed by atoms with E-state index in [9.17, 15) is 4.79 Å². The van der Waals surface area contributed by atoms with Crippen LogP contribution in [0.2, 0.25) is 0 Å². The predicted octanol–water partition coefficient (Wildman–Crippen LogP) is 4.30. The highest BCUT2D eigenvalue weighted by Gasteiger charge is 2.50. The Kier molecular flexibility index (Phi) is 3.31. The molecular formula is C20H23NO. The molecule has 2 nitrogen and oxygen atoms in total. The summed E-state index contributed by atoms with van der Waals surface area (Å²) in [6, 6.07) is 9.84. The summed E-state index contributed by atoms with van der Waals surface area (Å²) >= 11 is 0. The quantitative estimate of drug-likeness (QED) is 0.603. The summed E-state index contributed by atoms with van der Waals surface area (Å²) in [5.41, 5.74) is 1.66. The van der Waals surface area contributed by atoms with Gasteiger partial charge >= 0.3 is 0 Å². The molecule has 4 saturated carbocycles. The smallest absolute Gasteiger partial charge is 0.169 e. The molecule has 114 valence electrons. The Bertz CT molecular complexity index is 616. The van der Waals surface area contributed by atoms with Crippen molar-refractivity contribution < 1.29 is 4.79 Å². The summed E-state index contributed by atoms with van der Waals surface area (Å²) in [6.45, 7) is 1.62. The minimum atomic E-state index is 0.0553. The van der Waals surface area contributed by atoms with Gasteiger partial charge in [-0.3, -0.25) is 4.79 Å². The number of rotatable bonds is 3. The van der Waals surface area contributed by atoms with Gasteiger partial charge in [0.05, 0.1) is 11.1 Å². The largest absolute Gasteiger partial charge is 0.294 e. The number of Topliss-reactive ketones (excluding diaryl/α,β-unsaturated/α-hetero) is 1. The Morgan fingerprint density at radius 2 is 1.59 bits per heavy atom. The fourth-order valence-corrected chi connectivity index (χ4v) is 5.33. The standard InChI is InChI=1S/C20H23NO/c1-14(22)19(18-5-3-2-4-6-18)13-21-20-10-15-7-16(11-20)9-17(8-15)12-20/h2-6,15-17H,7-12H2,1H3. The van der Waals surface area contributed by atoms with Crippen molar-refractivity contribution in [1.82, 2.24) is 0 Å². The molecule has 0 N–H and O–H groups in total. The molecule has 4 aliphatic carbocycles. The molecule has 0 radical (unpaired) electrons. The molecule has 1 aromatic rings. The van der Waals surface area contributed by atoms with Crippen LogP contribution in [0, 0.1) is 17.8 Å². The van der Waals surface area contributed by atoms with Crippen LogP contribution in [0.25, 0.3) is 5.57 Å². The van der Waals surface area contributed by atoms with Gasteiger partial charge in [0.25, 0.3) is 0 Å². The third-order valence-corrected chi connectivity index (χ3v) is 5.83. The number of carbonyl (C=O) groups excluding carboxylic acids is 1. The topological polar surface area (TPSA) is 29.4 Å². The van der Waals surface area contributed by atoms with E-state index >= 15 is 0 Å². The van der Waals surface area contributed by atoms with E-state index in [1.165, 1.54) is 38.5 Å². The van der Waals surface area contributed by atoms with Crippen molar-refractivity contribution in [2.24, 2.45) is 22.7 Å². The lowest BCUT2D eigenvalue weighted by Gasteiger charge is -2.54. The van der Waals surface area contributed by atoms with E-state index in [0.29, 0.717) is 5.57 Å². The van der Waals surface area contributed by atoms with E-state index in [2.05, 4.69) is 5.87 Å². The Balaban J connectivity index is 1.70. The lowest BCUT2D eigenvalue weighted by molar-refractivity contribution is -0.111. The average molecular weight is 293 g/mol. The zero-order valence-corrected chi connectivity index (χ0v) is 13.2. The first-order chi connectivity index (χ1) is 10.6. The van der Waals surface area contributed by atoms with Crippen LogP contribution in [0.4, 0.5) is 0 Å². The first-order valence-electron chi connectivity index (χ1n) is 8.55. The molecule has 22 heavy (non-hydrogen) atoms. The molecule has 4 bridgehead atoms. The van der Waals surface area contributed by atoms with E-state index < -0.39 is 0 Å². The second-order valence-corrected chi connectivity index (χ2v) is 7.66. The summed E-state index contributed by atoms with van der Waals surface area (Å²) in [7, 11) is 0. The SMILES string of the molecule is CC(=O)C(=C=NC12CC3CC(CC(C3)C1)C2)c1ccccc1. The van der Waals surface area contributed by atoms with Crippen LogP contribution in [0.1, 0.15) is 51.0 Å². The highest BCUT2D eigenvalue weighted by molar-refractivity contribution is 6.28. The van der Waals surface area contributed by atoms with E-state index in [-0.39, 0.29) is 11.3 Å². The summed E-state index contributed by atoms with van der Waals surface area (Å²) in [4.78, 5) is 16.9. The molecule has 0 spiro atoms. The van der Waals surface area contributed by atoms with Crippen LogP contribution >= 0.6 is 0 Å². The molecular weight excluding hydrogens is 270 g/mol. The van der Waals surface area contributed by atoms with Crippen molar-refractivity contribution in [1.29, 1.82) is 0 Å². The van der Waals surface area contributed by atoms with Crippen molar-refractivity contribution in [2.75, 3.05) is 0 Å². The van der Waals surface area contributed by atoms with Crippen LogP contribution in [0.3, 0.4) is 0 Å². The number of carbonyl (C=O) groups is 1. The molecule has 0 amide bonds. The molecule has 0 saturated heterocycles. The van der Waals surface area contributed by atoms with E-state index in [4.69, 9.17) is 4.99 Å². The second kappa shape index (κ2) is 5.21. The van der Waals surface area contributed by atoms with Crippen molar-refractivity contribution >= 4 is 17.2 Å². The first kappa shape index (κ1) is 14.0. The summed E-state index contributed by atoms with van der Waals surface area (Å²) in [6.07, 6.45) is 7.88. The Morgan fingerprint density at radius 3 is 2.09 bits per heavy atom. The van der Waals surface area contributed by atoms with Gasteiger partial charge in [-0.2, -0.15) is 0 Å². The molecule has 0 atom stereocenters. The van der Waals surface area contributed by atoms with E-state index in [0.717, 1.165) is 23.3 Å². The average Bonchev–Trinajstić information content (AvgIpc) is 2.46. The van der Waals surface area contributed by atoms with Gasteiger partial charge in [-0.1, -0.05) is 30.3 Å². The molecule has 0 unspecified atom stereocenters. The Morgan fingerprint density at radius 1 is 1.05 bits per heavy atom. The van der Waals surface area contributed by atoms with Crippen LogP contribution in [-0.2, 0) is 4.79 Å². The minimum absolute atomic E-state index is 0.0553. The summed E-state index contributed by atoms with van der Waals surface area (Å²) in [5.74, 6) is 5.85. The normalized spacial score (nSPS) is 35.0. The van der Waals surface area contributed by atoms with Gasteiger partial charge in [-0.25, -0.2) is 4.99 Å². The first-order valence-corrected chi connectivity index (χ1v) is 8.55. The van der Waals surface area contributed by atoms with Gasteiger partial charge in [-0.15, -0.1) is 0 Å². The zero-order chi connectivity index (χ0) is 15.2. The maximum Gasteiger partial charge on any atom is 0.169 e. The summed E-state index contributed by atoms with van der Waals surface area (Å²) < 4.78 is 0. The molecule has 4 fully saturated rings. The monoisotopic (exact) mass is 293 g/mol. The number of ketones is 1. The maximum absolute atomic E-state index is 12.0. The van der Waals surface area contributed by atoms with Crippen LogP contribution in [0.5, 0.6) is 0 Å². The Labute approximate surface area is 132 Å². The fraction of sp³-hybridized carbons (Fsp3) is 0.550. The van der Waals surface area contributed by atoms with Gasteiger partial charge in [0.15, 0.2) is 5.78 Å². The maximum atomic E-state index is 12.0. The second-order valence-electron chi connectivity index (χ2n) is 7.66. The molecule has 0 aromatic heterocycles. The summed E-state index contributed by atoms with van der Waals surface area (Å²) in [5, 5.41) is 0. The van der Waals surface area contributed by atoms with Crippen LogP contribution in [0.15, 0.2) is 35.3 Å². The van der Waals surface area contributed by atoms with Crippen molar-refractivity contribution in [3.05, 3.63) is 35.9 Å². The predicted molar refractivity (Wildman–Crippen MR) is 88.9 cm³/mol. The van der Waals surface area contributed by atoms with Crippen LogP contribution in [-0.4, -0.2) is 17.2 Å².